The average Bonchev–Trinajstić information content (AvgIpc) is 3.30. The Hall–Kier alpha value is -1.89. The molecule has 0 bridgehead atoms. The molecule has 6 nitrogen and oxygen atoms in total. The average molecular weight is 403 g/mol. The van der Waals surface area contributed by atoms with Gasteiger partial charge in [0.15, 0.2) is 11.8 Å². The van der Waals surface area contributed by atoms with Crippen LogP contribution >= 0.6 is 11.3 Å². The summed E-state index contributed by atoms with van der Waals surface area (Å²) in [4.78, 5) is 6.15. The monoisotopic (exact) mass is 402 g/mol. The van der Waals surface area contributed by atoms with Gasteiger partial charge < -0.3 is 15.2 Å². The SMILES string of the molecule is Cc1nnc(CN=C(NCCc2cccs2)NCCC2CCCC(C)C2)n1C. The number of aryl methyl sites for hydroxylation is 1. The minimum Gasteiger partial charge on any atom is -0.356 e. The summed E-state index contributed by atoms with van der Waals surface area (Å²) in [6, 6.07) is 4.29. The fourth-order valence-electron chi connectivity index (χ4n) is 3.89. The molecule has 154 valence electrons. The Morgan fingerprint density at radius 3 is 2.86 bits per heavy atom. The largest absolute Gasteiger partial charge is 0.356 e. The van der Waals surface area contributed by atoms with E-state index in [0.717, 1.165) is 49.0 Å². The molecule has 0 spiro atoms. The molecule has 2 aromatic heterocycles. The Labute approximate surface area is 172 Å². The molecule has 3 rings (SSSR count). The van der Waals surface area contributed by atoms with Gasteiger partial charge in [-0.05, 0) is 49.5 Å². The molecule has 7 heteroatoms. The van der Waals surface area contributed by atoms with Gasteiger partial charge in [0.2, 0.25) is 0 Å². The molecule has 0 aromatic carbocycles. The van der Waals surface area contributed by atoms with Crippen LogP contribution in [0.2, 0.25) is 0 Å². The summed E-state index contributed by atoms with van der Waals surface area (Å²) < 4.78 is 2.00. The second-order valence-electron chi connectivity index (χ2n) is 8.00. The van der Waals surface area contributed by atoms with E-state index in [1.807, 2.05) is 18.5 Å². The highest BCUT2D eigenvalue weighted by molar-refractivity contribution is 7.09. The number of nitrogens with zero attached hydrogens (tertiary/aromatic N) is 4. The molecule has 0 aliphatic heterocycles. The number of aromatic nitrogens is 3. The highest BCUT2D eigenvalue weighted by Crippen LogP contribution is 2.30. The molecule has 2 unspecified atom stereocenters. The van der Waals surface area contributed by atoms with Crippen LogP contribution in [-0.2, 0) is 20.0 Å². The van der Waals surface area contributed by atoms with Crippen molar-refractivity contribution in [2.45, 2.75) is 58.9 Å². The Kier molecular flexibility index (Phi) is 7.89. The van der Waals surface area contributed by atoms with Crippen molar-refractivity contribution in [1.29, 1.82) is 0 Å². The number of guanidine groups is 1. The third kappa shape index (κ3) is 6.33. The predicted octanol–water partition coefficient (Wildman–Crippen LogP) is 3.68. The van der Waals surface area contributed by atoms with Crippen molar-refractivity contribution >= 4 is 17.3 Å². The Bertz CT molecular complexity index is 736. The minimum atomic E-state index is 0.534. The van der Waals surface area contributed by atoms with Crippen molar-refractivity contribution in [2.75, 3.05) is 13.1 Å². The second kappa shape index (κ2) is 10.6. The molecule has 1 aliphatic rings. The molecule has 0 saturated heterocycles. The molecular formula is C21H34N6S. The highest BCUT2D eigenvalue weighted by Gasteiger charge is 2.18. The smallest absolute Gasteiger partial charge is 0.191 e. The van der Waals surface area contributed by atoms with Crippen LogP contribution in [0.3, 0.4) is 0 Å². The van der Waals surface area contributed by atoms with Crippen molar-refractivity contribution in [3.63, 3.8) is 0 Å². The van der Waals surface area contributed by atoms with Crippen molar-refractivity contribution in [3.8, 4) is 0 Å². The third-order valence-electron chi connectivity index (χ3n) is 5.70. The fraction of sp³-hybridized carbons (Fsp3) is 0.667. The number of hydrogen-bond acceptors (Lipinski definition) is 4. The van der Waals surface area contributed by atoms with Gasteiger partial charge >= 0.3 is 0 Å². The quantitative estimate of drug-likeness (QED) is 0.522. The van der Waals surface area contributed by atoms with Crippen LogP contribution in [0.4, 0.5) is 0 Å². The van der Waals surface area contributed by atoms with Gasteiger partial charge in [-0.2, -0.15) is 0 Å². The van der Waals surface area contributed by atoms with E-state index in [4.69, 9.17) is 4.99 Å². The van der Waals surface area contributed by atoms with Crippen LogP contribution in [0.5, 0.6) is 0 Å². The summed E-state index contributed by atoms with van der Waals surface area (Å²) in [6.07, 6.45) is 7.77. The van der Waals surface area contributed by atoms with E-state index in [9.17, 15) is 0 Å². The van der Waals surface area contributed by atoms with Gasteiger partial charge in [-0.25, -0.2) is 4.99 Å². The molecule has 2 heterocycles. The highest BCUT2D eigenvalue weighted by atomic mass is 32.1. The molecule has 0 amide bonds. The van der Waals surface area contributed by atoms with E-state index in [-0.39, 0.29) is 0 Å². The van der Waals surface area contributed by atoms with Gasteiger partial charge in [0.05, 0.1) is 0 Å². The maximum atomic E-state index is 4.76. The van der Waals surface area contributed by atoms with Gasteiger partial charge in [0, 0.05) is 25.0 Å². The van der Waals surface area contributed by atoms with E-state index in [2.05, 4.69) is 45.3 Å². The van der Waals surface area contributed by atoms with Crippen LogP contribution in [0.25, 0.3) is 0 Å². The van der Waals surface area contributed by atoms with Crippen LogP contribution in [-0.4, -0.2) is 33.8 Å². The van der Waals surface area contributed by atoms with Crippen LogP contribution in [0.1, 0.15) is 55.6 Å². The third-order valence-corrected chi connectivity index (χ3v) is 6.63. The lowest BCUT2D eigenvalue weighted by atomic mass is 9.81. The zero-order valence-electron chi connectivity index (χ0n) is 17.4. The first kappa shape index (κ1) is 20.8. The molecule has 1 fully saturated rings. The lowest BCUT2D eigenvalue weighted by Gasteiger charge is -2.26. The maximum absolute atomic E-state index is 4.76. The first-order chi connectivity index (χ1) is 13.6. The number of hydrogen-bond donors (Lipinski definition) is 2. The van der Waals surface area contributed by atoms with Gasteiger partial charge in [-0.1, -0.05) is 32.3 Å². The van der Waals surface area contributed by atoms with Crippen LogP contribution in [0.15, 0.2) is 22.5 Å². The molecule has 0 radical (unpaired) electrons. The number of nitrogens with one attached hydrogen (secondary N) is 2. The topological polar surface area (TPSA) is 67.1 Å². The summed E-state index contributed by atoms with van der Waals surface area (Å²) in [7, 11) is 1.99. The lowest BCUT2D eigenvalue weighted by molar-refractivity contribution is 0.270. The Morgan fingerprint density at radius 2 is 2.14 bits per heavy atom. The predicted molar refractivity (Wildman–Crippen MR) is 117 cm³/mol. The van der Waals surface area contributed by atoms with E-state index in [1.165, 1.54) is 37.0 Å². The van der Waals surface area contributed by atoms with Gasteiger partial charge in [0.25, 0.3) is 0 Å². The Balaban J connectivity index is 1.51. The van der Waals surface area contributed by atoms with E-state index in [0.29, 0.717) is 6.54 Å². The number of thiophene rings is 1. The molecule has 1 saturated carbocycles. The zero-order chi connectivity index (χ0) is 19.8. The first-order valence-electron chi connectivity index (χ1n) is 10.5. The lowest BCUT2D eigenvalue weighted by Crippen LogP contribution is -2.39. The van der Waals surface area contributed by atoms with Gasteiger partial charge in [-0.15, -0.1) is 21.5 Å². The standard InChI is InChI=1S/C21H34N6S/c1-16-6-4-7-18(14-16)9-11-22-21(23-12-10-19-8-5-13-28-19)24-15-20-26-25-17(2)27(20)3/h5,8,13,16,18H,4,6-7,9-12,14-15H2,1-3H3,(H2,22,23,24). The van der Waals surface area contributed by atoms with E-state index >= 15 is 0 Å². The van der Waals surface area contributed by atoms with E-state index < -0.39 is 0 Å². The maximum Gasteiger partial charge on any atom is 0.191 e. The normalized spacial score (nSPS) is 20.3. The molecule has 2 aromatic rings. The van der Waals surface area contributed by atoms with Gasteiger partial charge in [0.1, 0.15) is 12.4 Å². The Morgan fingerprint density at radius 1 is 1.29 bits per heavy atom. The zero-order valence-corrected chi connectivity index (χ0v) is 18.3. The second-order valence-corrected chi connectivity index (χ2v) is 9.03. The number of rotatable bonds is 8. The van der Waals surface area contributed by atoms with Crippen molar-refractivity contribution < 1.29 is 0 Å². The summed E-state index contributed by atoms with van der Waals surface area (Å²) in [5.74, 6) is 4.41. The molecular weight excluding hydrogens is 368 g/mol. The molecule has 1 aliphatic carbocycles. The molecule has 2 N–H and O–H groups in total. The van der Waals surface area contributed by atoms with Crippen molar-refractivity contribution in [3.05, 3.63) is 34.0 Å². The van der Waals surface area contributed by atoms with E-state index in [1.54, 1.807) is 11.3 Å². The van der Waals surface area contributed by atoms with Gasteiger partial charge in [-0.3, -0.25) is 0 Å². The van der Waals surface area contributed by atoms with Crippen molar-refractivity contribution in [1.82, 2.24) is 25.4 Å². The molecule has 28 heavy (non-hydrogen) atoms. The number of aliphatic imine (C=N–C) groups is 1. The molecule has 2 atom stereocenters. The first-order valence-corrected chi connectivity index (χ1v) is 11.4. The van der Waals surface area contributed by atoms with Crippen LogP contribution < -0.4 is 10.6 Å². The van der Waals surface area contributed by atoms with Crippen LogP contribution in [0, 0.1) is 18.8 Å². The minimum absolute atomic E-state index is 0.534. The summed E-state index contributed by atoms with van der Waals surface area (Å²) in [6.45, 7) is 6.74. The summed E-state index contributed by atoms with van der Waals surface area (Å²) in [5, 5.41) is 17.5. The summed E-state index contributed by atoms with van der Waals surface area (Å²) in [5.41, 5.74) is 0. The van der Waals surface area contributed by atoms with Crippen molar-refractivity contribution in [2.24, 2.45) is 23.9 Å². The summed E-state index contributed by atoms with van der Waals surface area (Å²) >= 11 is 1.80. The fourth-order valence-corrected chi connectivity index (χ4v) is 4.60.